The zero-order chi connectivity index (χ0) is 15.4. The van der Waals surface area contributed by atoms with Crippen LogP contribution in [0.25, 0.3) is 10.9 Å². The Hall–Kier alpha value is -3.03. The van der Waals surface area contributed by atoms with Gasteiger partial charge in [-0.3, -0.25) is 19.9 Å². The van der Waals surface area contributed by atoms with Crippen molar-refractivity contribution in [3.8, 4) is 0 Å². The number of hydrogen-bond acceptors (Lipinski definition) is 6. The summed E-state index contributed by atoms with van der Waals surface area (Å²) in [7, 11) is 0. The Labute approximate surface area is 118 Å². The molecule has 1 N–H and O–H groups in total. The molecule has 0 fully saturated rings. The first kappa shape index (κ1) is 14.4. The van der Waals surface area contributed by atoms with Gasteiger partial charge in [0, 0.05) is 17.6 Å². The van der Waals surface area contributed by atoms with Gasteiger partial charge in [0.15, 0.2) is 0 Å². The zero-order valence-corrected chi connectivity index (χ0v) is 11.0. The van der Waals surface area contributed by atoms with Gasteiger partial charge in [0.1, 0.15) is 5.69 Å². The van der Waals surface area contributed by atoms with Crippen molar-refractivity contribution in [3.63, 3.8) is 0 Å². The van der Waals surface area contributed by atoms with Gasteiger partial charge < -0.3 is 10.1 Å². The summed E-state index contributed by atoms with van der Waals surface area (Å²) >= 11 is 0. The number of rotatable bonds is 3. The maximum absolute atomic E-state index is 11.7. The first-order valence-electron chi connectivity index (χ1n) is 6.04. The normalized spacial score (nSPS) is 10.1. The summed E-state index contributed by atoms with van der Waals surface area (Å²) in [6, 6.07) is 5.83. The standard InChI is InChI=1S/C13H11N3O5/c1-2-21-13(18)12(17)15-11-8-4-3-7-14-9(8)5-6-10(11)16(19)20/h3-7H,2H2,1H3,(H,15,17). The van der Waals surface area contributed by atoms with Gasteiger partial charge in [0.2, 0.25) is 0 Å². The lowest BCUT2D eigenvalue weighted by Gasteiger charge is -2.08. The second-order valence-corrected chi connectivity index (χ2v) is 3.96. The number of nitro groups is 1. The maximum atomic E-state index is 11.7. The molecule has 0 spiro atoms. The number of nitrogens with zero attached hydrogens (tertiary/aromatic N) is 2. The second-order valence-electron chi connectivity index (χ2n) is 3.96. The summed E-state index contributed by atoms with van der Waals surface area (Å²) in [4.78, 5) is 37.5. The molecule has 0 bridgehead atoms. The number of ether oxygens (including phenoxy) is 1. The average Bonchev–Trinajstić information content (AvgIpc) is 2.47. The highest BCUT2D eigenvalue weighted by atomic mass is 16.6. The number of carbonyl (C=O) groups excluding carboxylic acids is 2. The summed E-state index contributed by atoms with van der Waals surface area (Å²) in [5.41, 5.74) is 0.0547. The van der Waals surface area contributed by atoms with E-state index in [2.05, 4.69) is 15.0 Å². The fourth-order valence-electron chi connectivity index (χ4n) is 1.79. The van der Waals surface area contributed by atoms with Crippen molar-refractivity contribution >= 4 is 34.2 Å². The van der Waals surface area contributed by atoms with Crippen molar-refractivity contribution in [2.24, 2.45) is 0 Å². The highest BCUT2D eigenvalue weighted by molar-refractivity contribution is 6.38. The number of pyridine rings is 1. The minimum Gasteiger partial charge on any atom is -0.459 e. The molecule has 1 aromatic carbocycles. The van der Waals surface area contributed by atoms with Gasteiger partial charge in [-0.2, -0.15) is 0 Å². The molecule has 0 aliphatic heterocycles. The Morgan fingerprint density at radius 1 is 1.38 bits per heavy atom. The van der Waals surface area contributed by atoms with E-state index in [-0.39, 0.29) is 18.0 Å². The number of carbonyl (C=O) groups is 2. The molecule has 0 unspecified atom stereocenters. The molecular weight excluding hydrogens is 278 g/mol. The van der Waals surface area contributed by atoms with Crippen LogP contribution in [0.1, 0.15) is 6.92 Å². The maximum Gasteiger partial charge on any atom is 0.397 e. The Bertz CT molecular complexity index is 729. The molecule has 1 amide bonds. The van der Waals surface area contributed by atoms with Crippen molar-refractivity contribution < 1.29 is 19.2 Å². The van der Waals surface area contributed by atoms with Crippen LogP contribution in [-0.2, 0) is 14.3 Å². The lowest BCUT2D eigenvalue weighted by molar-refractivity contribution is -0.383. The first-order chi connectivity index (χ1) is 10.0. The fourth-order valence-corrected chi connectivity index (χ4v) is 1.79. The highest BCUT2D eigenvalue weighted by Crippen LogP contribution is 2.32. The van der Waals surface area contributed by atoms with Crippen molar-refractivity contribution in [1.82, 2.24) is 4.98 Å². The van der Waals surface area contributed by atoms with Gasteiger partial charge in [-0.1, -0.05) is 0 Å². The largest absolute Gasteiger partial charge is 0.459 e. The molecular formula is C13H11N3O5. The van der Waals surface area contributed by atoms with E-state index in [0.717, 1.165) is 0 Å². The van der Waals surface area contributed by atoms with E-state index in [1.54, 1.807) is 19.1 Å². The van der Waals surface area contributed by atoms with Crippen LogP contribution >= 0.6 is 0 Å². The number of anilines is 1. The molecule has 1 aromatic heterocycles. The van der Waals surface area contributed by atoms with Gasteiger partial charge in [0.05, 0.1) is 17.0 Å². The smallest absolute Gasteiger partial charge is 0.397 e. The molecule has 0 saturated heterocycles. The van der Waals surface area contributed by atoms with Crippen LogP contribution in [0.3, 0.4) is 0 Å². The number of esters is 1. The van der Waals surface area contributed by atoms with E-state index in [4.69, 9.17) is 0 Å². The molecule has 1 heterocycles. The summed E-state index contributed by atoms with van der Waals surface area (Å²) in [5.74, 6) is -2.18. The van der Waals surface area contributed by atoms with Crippen LogP contribution in [0.4, 0.5) is 11.4 Å². The Morgan fingerprint density at radius 2 is 2.14 bits per heavy atom. The van der Waals surface area contributed by atoms with Gasteiger partial charge >= 0.3 is 11.9 Å². The molecule has 2 rings (SSSR count). The highest BCUT2D eigenvalue weighted by Gasteiger charge is 2.23. The third-order valence-electron chi connectivity index (χ3n) is 2.66. The van der Waals surface area contributed by atoms with Crippen molar-refractivity contribution in [2.45, 2.75) is 6.92 Å². The molecule has 21 heavy (non-hydrogen) atoms. The molecule has 0 aliphatic rings. The SMILES string of the molecule is CCOC(=O)C(=O)Nc1c([N+](=O)[O-])ccc2ncccc12. The molecule has 0 saturated carbocycles. The molecule has 108 valence electrons. The van der Waals surface area contributed by atoms with Crippen molar-refractivity contribution in [3.05, 3.63) is 40.6 Å². The van der Waals surface area contributed by atoms with Crippen LogP contribution in [0, 0.1) is 10.1 Å². The second kappa shape index (κ2) is 5.95. The van der Waals surface area contributed by atoms with E-state index in [1.165, 1.54) is 18.3 Å². The van der Waals surface area contributed by atoms with E-state index >= 15 is 0 Å². The van der Waals surface area contributed by atoms with Crippen LogP contribution in [-0.4, -0.2) is 28.4 Å². The Kier molecular flexibility index (Phi) is 4.07. The summed E-state index contributed by atoms with van der Waals surface area (Å²) in [5, 5.41) is 13.6. The minimum atomic E-state index is -1.10. The lowest BCUT2D eigenvalue weighted by Crippen LogP contribution is -2.25. The third kappa shape index (κ3) is 2.94. The van der Waals surface area contributed by atoms with E-state index in [0.29, 0.717) is 10.9 Å². The number of fused-ring (bicyclic) bond motifs is 1. The number of amides is 1. The Morgan fingerprint density at radius 3 is 2.81 bits per heavy atom. The van der Waals surface area contributed by atoms with Gasteiger partial charge in [0.25, 0.3) is 5.69 Å². The van der Waals surface area contributed by atoms with Gasteiger partial charge in [-0.15, -0.1) is 0 Å². The summed E-state index contributed by atoms with van der Waals surface area (Å²) in [6.45, 7) is 1.58. The molecule has 0 radical (unpaired) electrons. The van der Waals surface area contributed by atoms with Gasteiger partial charge in [-0.25, -0.2) is 4.79 Å². The topological polar surface area (TPSA) is 111 Å². The summed E-state index contributed by atoms with van der Waals surface area (Å²) < 4.78 is 4.55. The molecule has 0 atom stereocenters. The predicted molar refractivity (Wildman–Crippen MR) is 73.7 cm³/mol. The van der Waals surface area contributed by atoms with Crippen LogP contribution in [0.15, 0.2) is 30.5 Å². The van der Waals surface area contributed by atoms with E-state index < -0.39 is 16.8 Å². The number of hydrogen-bond donors (Lipinski definition) is 1. The fraction of sp³-hybridized carbons (Fsp3) is 0.154. The number of aromatic nitrogens is 1. The average molecular weight is 289 g/mol. The lowest BCUT2D eigenvalue weighted by atomic mass is 10.1. The van der Waals surface area contributed by atoms with E-state index in [1.807, 2.05) is 0 Å². The number of nitro benzene ring substituents is 1. The summed E-state index contributed by atoms with van der Waals surface area (Å²) in [6.07, 6.45) is 1.52. The van der Waals surface area contributed by atoms with E-state index in [9.17, 15) is 19.7 Å². The molecule has 8 heteroatoms. The van der Waals surface area contributed by atoms with Crippen LogP contribution < -0.4 is 5.32 Å². The monoisotopic (exact) mass is 289 g/mol. The van der Waals surface area contributed by atoms with Gasteiger partial charge in [-0.05, 0) is 25.1 Å². The molecule has 0 aliphatic carbocycles. The first-order valence-corrected chi connectivity index (χ1v) is 6.04. The number of benzene rings is 1. The van der Waals surface area contributed by atoms with Crippen molar-refractivity contribution in [2.75, 3.05) is 11.9 Å². The molecule has 8 nitrogen and oxygen atoms in total. The quantitative estimate of drug-likeness (QED) is 0.398. The minimum absolute atomic E-state index is 0.0332. The Balaban J connectivity index is 2.49. The predicted octanol–water partition coefficient (Wildman–Crippen LogP) is 1.64. The zero-order valence-electron chi connectivity index (χ0n) is 11.0. The van der Waals surface area contributed by atoms with Crippen LogP contribution in [0.5, 0.6) is 0 Å². The number of nitrogens with one attached hydrogen (secondary N) is 1. The van der Waals surface area contributed by atoms with Crippen LogP contribution in [0.2, 0.25) is 0 Å². The molecule has 2 aromatic rings. The third-order valence-corrected chi connectivity index (χ3v) is 2.66. The van der Waals surface area contributed by atoms with Crippen molar-refractivity contribution in [1.29, 1.82) is 0 Å².